The van der Waals surface area contributed by atoms with Gasteiger partial charge in [-0.25, -0.2) is 0 Å². The summed E-state index contributed by atoms with van der Waals surface area (Å²) in [5, 5.41) is 13.0. The maximum Gasteiger partial charge on any atom is 0.200 e. The van der Waals surface area contributed by atoms with E-state index >= 15 is 0 Å². The second kappa shape index (κ2) is 9.41. The third-order valence-corrected chi connectivity index (χ3v) is 2.72. The summed E-state index contributed by atoms with van der Waals surface area (Å²) in [6, 6.07) is 3.55. The maximum atomic E-state index is 9.80. The van der Waals surface area contributed by atoms with Crippen molar-refractivity contribution in [3.63, 3.8) is 0 Å². The van der Waals surface area contributed by atoms with Crippen molar-refractivity contribution >= 4 is 0 Å². The van der Waals surface area contributed by atoms with Crippen LogP contribution < -0.4 is 14.8 Å². The van der Waals surface area contributed by atoms with E-state index < -0.39 is 0 Å². The quantitative estimate of drug-likeness (QED) is 0.629. The van der Waals surface area contributed by atoms with Crippen LogP contribution in [0.4, 0.5) is 0 Å². The molecule has 0 bridgehead atoms. The molecule has 0 aliphatic heterocycles. The maximum absolute atomic E-state index is 9.80. The molecule has 6 nitrogen and oxygen atoms in total. The lowest BCUT2D eigenvalue weighted by atomic mass is 10.2. The van der Waals surface area contributed by atoms with Gasteiger partial charge in [0.1, 0.15) is 0 Å². The first kappa shape index (κ1) is 16.6. The Morgan fingerprint density at radius 1 is 1.00 bits per heavy atom. The number of rotatable bonds is 10. The molecular weight excluding hydrogens is 262 g/mol. The molecule has 0 radical (unpaired) electrons. The number of phenols is 1. The highest BCUT2D eigenvalue weighted by molar-refractivity contribution is 5.52. The molecule has 0 spiro atoms. The molecule has 6 heteroatoms. The first-order valence-electron chi connectivity index (χ1n) is 6.44. The standard InChI is InChI=1S/C14H23NO5/c1-17-6-7-20-5-4-15-10-11-8-12(18-2)14(16)13(9-11)19-3/h8-9,15-16H,4-7,10H2,1-3H3. The van der Waals surface area contributed by atoms with Gasteiger partial charge in [0.2, 0.25) is 5.75 Å². The molecule has 0 unspecified atom stereocenters. The summed E-state index contributed by atoms with van der Waals surface area (Å²) in [4.78, 5) is 0. The Bertz CT molecular complexity index is 372. The fraction of sp³-hybridized carbons (Fsp3) is 0.571. The average Bonchev–Trinajstić information content (AvgIpc) is 2.47. The molecule has 1 rings (SSSR count). The van der Waals surface area contributed by atoms with Crippen LogP contribution >= 0.6 is 0 Å². The van der Waals surface area contributed by atoms with Gasteiger partial charge in [0, 0.05) is 20.2 Å². The minimum Gasteiger partial charge on any atom is -0.502 e. The molecule has 0 aliphatic rings. The summed E-state index contributed by atoms with van der Waals surface area (Å²) in [5.74, 6) is 0.816. The third kappa shape index (κ3) is 5.24. The predicted octanol–water partition coefficient (Wildman–Crippen LogP) is 1.16. The number of aromatic hydroxyl groups is 1. The van der Waals surface area contributed by atoms with Gasteiger partial charge in [-0.2, -0.15) is 0 Å². The number of nitrogens with one attached hydrogen (secondary N) is 1. The molecule has 0 fully saturated rings. The van der Waals surface area contributed by atoms with Gasteiger partial charge in [-0.1, -0.05) is 0 Å². The van der Waals surface area contributed by atoms with Gasteiger partial charge >= 0.3 is 0 Å². The van der Waals surface area contributed by atoms with Crippen molar-refractivity contribution in [2.45, 2.75) is 6.54 Å². The molecule has 0 amide bonds. The summed E-state index contributed by atoms with van der Waals surface area (Å²) in [7, 11) is 4.66. The number of methoxy groups -OCH3 is 3. The van der Waals surface area contributed by atoms with E-state index in [1.165, 1.54) is 14.2 Å². The van der Waals surface area contributed by atoms with Gasteiger partial charge in [-0.05, 0) is 17.7 Å². The first-order valence-corrected chi connectivity index (χ1v) is 6.44. The molecule has 2 N–H and O–H groups in total. The highest BCUT2D eigenvalue weighted by Gasteiger charge is 2.10. The summed E-state index contributed by atoms with van der Waals surface area (Å²) < 4.78 is 20.4. The van der Waals surface area contributed by atoms with Crippen LogP contribution in [0.15, 0.2) is 12.1 Å². The molecular formula is C14H23NO5. The van der Waals surface area contributed by atoms with Crippen molar-refractivity contribution in [3.8, 4) is 17.2 Å². The number of benzene rings is 1. The van der Waals surface area contributed by atoms with Crippen LogP contribution in [0.5, 0.6) is 17.2 Å². The predicted molar refractivity (Wildman–Crippen MR) is 75.6 cm³/mol. The van der Waals surface area contributed by atoms with Crippen molar-refractivity contribution in [2.75, 3.05) is 47.7 Å². The summed E-state index contributed by atoms with van der Waals surface area (Å²) in [6.45, 7) is 3.19. The van der Waals surface area contributed by atoms with Crippen molar-refractivity contribution in [1.82, 2.24) is 5.32 Å². The molecule has 20 heavy (non-hydrogen) atoms. The van der Waals surface area contributed by atoms with Crippen LogP contribution in [0.3, 0.4) is 0 Å². The Labute approximate surface area is 119 Å². The lowest BCUT2D eigenvalue weighted by Crippen LogP contribution is -2.20. The van der Waals surface area contributed by atoms with Crippen LogP contribution in [0.2, 0.25) is 0 Å². The van der Waals surface area contributed by atoms with Gasteiger partial charge in [0.25, 0.3) is 0 Å². The number of phenolic OH excluding ortho intramolecular Hbond substituents is 1. The topological polar surface area (TPSA) is 69.2 Å². The van der Waals surface area contributed by atoms with Gasteiger partial charge < -0.3 is 29.4 Å². The molecule has 0 aromatic heterocycles. The smallest absolute Gasteiger partial charge is 0.200 e. The zero-order valence-electron chi connectivity index (χ0n) is 12.3. The zero-order chi connectivity index (χ0) is 14.8. The van der Waals surface area contributed by atoms with E-state index in [1.54, 1.807) is 19.2 Å². The van der Waals surface area contributed by atoms with Crippen molar-refractivity contribution in [2.24, 2.45) is 0 Å². The third-order valence-electron chi connectivity index (χ3n) is 2.72. The van der Waals surface area contributed by atoms with Gasteiger partial charge in [0.15, 0.2) is 11.5 Å². The zero-order valence-corrected chi connectivity index (χ0v) is 12.3. The molecule has 0 aliphatic carbocycles. The minimum atomic E-state index is 0.0154. The van der Waals surface area contributed by atoms with E-state index in [0.29, 0.717) is 37.9 Å². The fourth-order valence-corrected chi connectivity index (χ4v) is 1.67. The van der Waals surface area contributed by atoms with Gasteiger partial charge in [-0.3, -0.25) is 0 Å². The summed E-state index contributed by atoms with van der Waals surface area (Å²) in [5.41, 5.74) is 0.966. The lowest BCUT2D eigenvalue weighted by Gasteiger charge is -2.12. The Morgan fingerprint density at radius 3 is 2.20 bits per heavy atom. The van der Waals surface area contributed by atoms with Crippen molar-refractivity contribution in [3.05, 3.63) is 17.7 Å². The van der Waals surface area contributed by atoms with Crippen LogP contribution in [-0.4, -0.2) is 52.8 Å². The minimum absolute atomic E-state index is 0.0154. The first-order chi connectivity index (χ1) is 9.72. The molecule has 0 atom stereocenters. The van der Waals surface area contributed by atoms with Crippen LogP contribution in [0, 0.1) is 0 Å². The van der Waals surface area contributed by atoms with E-state index in [1.807, 2.05) is 0 Å². The molecule has 0 heterocycles. The summed E-state index contributed by atoms with van der Waals surface area (Å²) >= 11 is 0. The highest BCUT2D eigenvalue weighted by atomic mass is 16.5. The Morgan fingerprint density at radius 2 is 1.65 bits per heavy atom. The van der Waals surface area contributed by atoms with E-state index in [9.17, 15) is 5.11 Å². The Kier molecular flexibility index (Phi) is 7.79. The lowest BCUT2D eigenvalue weighted by molar-refractivity contribution is 0.0719. The monoisotopic (exact) mass is 285 g/mol. The molecule has 1 aromatic rings. The van der Waals surface area contributed by atoms with Crippen LogP contribution in [-0.2, 0) is 16.0 Å². The molecule has 0 saturated carbocycles. The number of ether oxygens (including phenoxy) is 4. The Hall–Kier alpha value is -1.50. The molecule has 1 aromatic carbocycles. The van der Waals surface area contributed by atoms with Crippen LogP contribution in [0.1, 0.15) is 5.56 Å². The molecule has 0 saturated heterocycles. The van der Waals surface area contributed by atoms with Crippen molar-refractivity contribution < 1.29 is 24.1 Å². The fourth-order valence-electron chi connectivity index (χ4n) is 1.67. The van der Waals surface area contributed by atoms with Crippen molar-refractivity contribution in [1.29, 1.82) is 0 Å². The van der Waals surface area contributed by atoms with Gasteiger partial charge in [-0.15, -0.1) is 0 Å². The largest absolute Gasteiger partial charge is 0.502 e. The van der Waals surface area contributed by atoms with Gasteiger partial charge in [0.05, 0.1) is 34.0 Å². The normalized spacial score (nSPS) is 10.6. The highest BCUT2D eigenvalue weighted by Crippen LogP contribution is 2.36. The second-order valence-corrected chi connectivity index (χ2v) is 4.13. The second-order valence-electron chi connectivity index (χ2n) is 4.13. The number of hydrogen-bond donors (Lipinski definition) is 2. The van der Waals surface area contributed by atoms with Crippen LogP contribution in [0.25, 0.3) is 0 Å². The average molecular weight is 285 g/mol. The summed E-state index contributed by atoms with van der Waals surface area (Å²) in [6.07, 6.45) is 0. The van der Waals surface area contributed by atoms with E-state index in [2.05, 4.69) is 5.32 Å². The number of hydrogen-bond acceptors (Lipinski definition) is 6. The van der Waals surface area contributed by atoms with E-state index in [-0.39, 0.29) is 5.75 Å². The Balaban J connectivity index is 2.40. The van der Waals surface area contributed by atoms with E-state index in [4.69, 9.17) is 18.9 Å². The molecule has 114 valence electrons. The van der Waals surface area contributed by atoms with E-state index in [0.717, 1.165) is 12.1 Å². The SMILES string of the molecule is COCCOCCNCc1cc(OC)c(O)c(OC)c1.